The van der Waals surface area contributed by atoms with Crippen molar-refractivity contribution in [3.63, 3.8) is 0 Å². The minimum atomic E-state index is -3.79. The summed E-state index contributed by atoms with van der Waals surface area (Å²) in [6.45, 7) is 7.18. The first-order valence-corrected chi connectivity index (χ1v) is 13.9. The lowest BCUT2D eigenvalue weighted by molar-refractivity contribution is 0.0952. The van der Waals surface area contributed by atoms with Crippen LogP contribution in [-0.4, -0.2) is 45.1 Å². The van der Waals surface area contributed by atoms with Gasteiger partial charge in [-0.05, 0) is 62.4 Å². The number of aryl methyl sites for hydroxylation is 2. The van der Waals surface area contributed by atoms with Gasteiger partial charge in [0.1, 0.15) is 12.1 Å². The summed E-state index contributed by atoms with van der Waals surface area (Å²) in [7, 11) is -2.33. The molecule has 1 amide bonds. The molecule has 10 nitrogen and oxygen atoms in total. The molecule has 1 aliphatic rings. The van der Waals surface area contributed by atoms with E-state index in [1.165, 1.54) is 17.4 Å². The second-order valence-electron chi connectivity index (χ2n) is 9.84. The van der Waals surface area contributed by atoms with E-state index in [4.69, 9.17) is 4.74 Å². The fraction of sp³-hybridized carbons (Fsp3) is 0.286. The van der Waals surface area contributed by atoms with Gasteiger partial charge in [0.15, 0.2) is 0 Å². The number of aromatic nitrogens is 4. The monoisotopic (exact) mass is 547 g/mol. The van der Waals surface area contributed by atoms with Crippen molar-refractivity contribution in [2.75, 3.05) is 7.11 Å². The van der Waals surface area contributed by atoms with Crippen LogP contribution in [0.1, 0.15) is 46.4 Å². The van der Waals surface area contributed by atoms with Crippen molar-refractivity contribution in [2.24, 2.45) is 0 Å². The Kier molecular flexibility index (Phi) is 6.63. The van der Waals surface area contributed by atoms with Crippen molar-refractivity contribution >= 4 is 26.8 Å². The number of hydrogen-bond donors (Lipinski definition) is 2. The second kappa shape index (κ2) is 9.81. The van der Waals surface area contributed by atoms with Crippen LogP contribution in [0.5, 0.6) is 5.75 Å². The number of methoxy groups -OCH3 is 1. The number of fused-ring (bicyclic) bond motifs is 1. The Labute approximate surface area is 225 Å². The molecule has 11 heteroatoms. The van der Waals surface area contributed by atoms with E-state index >= 15 is 0 Å². The van der Waals surface area contributed by atoms with Crippen LogP contribution >= 0.6 is 0 Å². The number of ether oxygens (including phenoxy) is 1. The van der Waals surface area contributed by atoms with Crippen LogP contribution in [-0.2, 0) is 16.6 Å². The van der Waals surface area contributed by atoms with E-state index in [1.807, 2.05) is 0 Å². The summed E-state index contributed by atoms with van der Waals surface area (Å²) in [5.41, 5.74) is 3.05. The van der Waals surface area contributed by atoms with E-state index in [2.05, 4.69) is 26.8 Å². The second-order valence-corrected chi connectivity index (χ2v) is 12.1. The SMILES string of the molecule is C=CCC1(S(=O)(=O)n2cc(C)c3c(C(=O)NCc4c(OC)cc(C)[nH]c4=O)cc(-c4cncnc4)cc32)CC1. The van der Waals surface area contributed by atoms with Crippen LogP contribution in [0.4, 0.5) is 0 Å². The highest BCUT2D eigenvalue weighted by Crippen LogP contribution is 2.49. The number of H-pyrrole nitrogens is 1. The Morgan fingerprint density at radius 2 is 1.92 bits per heavy atom. The molecule has 0 atom stereocenters. The number of carbonyl (C=O) groups is 1. The van der Waals surface area contributed by atoms with Crippen LogP contribution in [0.3, 0.4) is 0 Å². The van der Waals surface area contributed by atoms with Crippen molar-refractivity contribution in [1.29, 1.82) is 0 Å². The number of nitrogens with zero attached hydrogens (tertiary/aromatic N) is 3. The minimum absolute atomic E-state index is 0.0850. The zero-order valence-electron chi connectivity index (χ0n) is 21.9. The average Bonchev–Trinajstić information content (AvgIpc) is 3.64. The highest BCUT2D eigenvalue weighted by Gasteiger charge is 2.54. The summed E-state index contributed by atoms with van der Waals surface area (Å²) in [5.74, 6) is -0.103. The van der Waals surface area contributed by atoms with Crippen molar-refractivity contribution in [3.8, 4) is 16.9 Å². The molecule has 1 aliphatic carbocycles. The smallest absolute Gasteiger partial charge is 0.256 e. The van der Waals surface area contributed by atoms with Crippen molar-refractivity contribution in [2.45, 2.75) is 44.4 Å². The van der Waals surface area contributed by atoms with Gasteiger partial charge >= 0.3 is 0 Å². The molecule has 0 spiro atoms. The standard InChI is InChI=1S/C28H29N5O5S/c1-5-6-28(7-8-28)39(36,37)33-15-17(2)25-21(10-19(11-23(25)33)20-12-29-16-30-13-20)26(34)31-14-22-24(38-4)9-18(3)32-27(22)35/h5,9-13,15-16H,1,6-8,14H2,2-4H3,(H,31,34)(H,32,35). The molecule has 3 heterocycles. The van der Waals surface area contributed by atoms with E-state index in [0.29, 0.717) is 58.3 Å². The summed E-state index contributed by atoms with van der Waals surface area (Å²) >= 11 is 0. The third-order valence-electron chi connectivity index (χ3n) is 7.20. The maximum atomic E-state index is 13.8. The molecule has 1 saturated carbocycles. The van der Waals surface area contributed by atoms with Crippen molar-refractivity contribution in [3.05, 3.63) is 88.5 Å². The number of carbonyl (C=O) groups excluding carboxylic acids is 1. The zero-order chi connectivity index (χ0) is 27.9. The molecule has 0 unspecified atom stereocenters. The normalized spacial score (nSPS) is 14.2. The number of nitrogens with one attached hydrogen (secondary N) is 2. The number of pyridine rings is 1. The summed E-state index contributed by atoms with van der Waals surface area (Å²) in [5, 5.41) is 3.33. The molecule has 2 N–H and O–H groups in total. The van der Waals surface area contributed by atoms with E-state index < -0.39 is 20.7 Å². The first kappa shape index (κ1) is 26.4. The molecule has 202 valence electrons. The largest absolute Gasteiger partial charge is 0.496 e. The van der Waals surface area contributed by atoms with E-state index in [9.17, 15) is 18.0 Å². The zero-order valence-corrected chi connectivity index (χ0v) is 22.8. The molecule has 0 bridgehead atoms. The predicted molar refractivity (Wildman–Crippen MR) is 148 cm³/mol. The summed E-state index contributed by atoms with van der Waals surface area (Å²) in [6, 6.07) is 5.11. The molecule has 5 rings (SSSR count). The quantitative estimate of drug-likeness (QED) is 0.305. The summed E-state index contributed by atoms with van der Waals surface area (Å²) in [6.07, 6.45) is 9.24. The Morgan fingerprint density at radius 3 is 2.56 bits per heavy atom. The molecule has 4 aromatic rings. The fourth-order valence-electron chi connectivity index (χ4n) is 5.00. The third-order valence-corrected chi connectivity index (χ3v) is 9.69. The third kappa shape index (κ3) is 4.52. The Morgan fingerprint density at radius 1 is 1.21 bits per heavy atom. The van der Waals surface area contributed by atoms with Crippen LogP contribution in [0.25, 0.3) is 22.0 Å². The number of hydrogen-bond acceptors (Lipinski definition) is 7. The van der Waals surface area contributed by atoms with E-state index in [-0.39, 0.29) is 23.2 Å². The van der Waals surface area contributed by atoms with Crippen LogP contribution in [0.2, 0.25) is 0 Å². The lowest BCUT2D eigenvalue weighted by atomic mass is 9.99. The molecular formula is C28H29N5O5S. The average molecular weight is 548 g/mol. The predicted octanol–water partition coefficient (Wildman–Crippen LogP) is 3.63. The lowest BCUT2D eigenvalue weighted by Crippen LogP contribution is -2.29. The lowest BCUT2D eigenvalue weighted by Gasteiger charge is -2.17. The number of amides is 1. The van der Waals surface area contributed by atoms with E-state index in [1.54, 1.807) is 56.7 Å². The Hall–Kier alpha value is -4.25. The summed E-state index contributed by atoms with van der Waals surface area (Å²) in [4.78, 5) is 37.1. The van der Waals surface area contributed by atoms with Gasteiger partial charge in [-0.3, -0.25) is 9.59 Å². The minimum Gasteiger partial charge on any atom is -0.496 e. The molecular weight excluding hydrogens is 518 g/mol. The van der Waals surface area contributed by atoms with Gasteiger partial charge in [-0.25, -0.2) is 22.4 Å². The summed E-state index contributed by atoms with van der Waals surface area (Å²) < 4.78 is 33.4. The number of benzene rings is 1. The van der Waals surface area contributed by atoms with Gasteiger partial charge < -0.3 is 15.0 Å². The first-order chi connectivity index (χ1) is 18.6. The van der Waals surface area contributed by atoms with Gasteiger partial charge in [0.05, 0.1) is 29.5 Å². The fourth-order valence-corrected chi connectivity index (χ4v) is 7.06. The number of aromatic amines is 1. The molecule has 0 radical (unpaired) electrons. The molecule has 3 aromatic heterocycles. The maximum Gasteiger partial charge on any atom is 0.256 e. The first-order valence-electron chi connectivity index (χ1n) is 12.4. The topological polar surface area (TPSA) is 136 Å². The van der Waals surface area contributed by atoms with Gasteiger partial charge in [0.25, 0.3) is 11.5 Å². The maximum absolute atomic E-state index is 13.8. The highest BCUT2D eigenvalue weighted by molar-refractivity contribution is 7.91. The Bertz CT molecular complexity index is 1770. The van der Waals surface area contributed by atoms with Crippen LogP contribution in [0, 0.1) is 13.8 Å². The molecule has 39 heavy (non-hydrogen) atoms. The Balaban J connectivity index is 1.64. The number of rotatable bonds is 9. The molecule has 0 saturated heterocycles. The van der Waals surface area contributed by atoms with Crippen molar-refractivity contribution in [1.82, 2.24) is 24.2 Å². The van der Waals surface area contributed by atoms with Gasteiger partial charge in [-0.15, -0.1) is 6.58 Å². The van der Waals surface area contributed by atoms with Gasteiger partial charge in [-0.2, -0.15) is 0 Å². The van der Waals surface area contributed by atoms with Crippen LogP contribution in [0.15, 0.2) is 60.6 Å². The molecule has 0 aliphatic heterocycles. The highest BCUT2D eigenvalue weighted by atomic mass is 32.2. The molecule has 1 aromatic carbocycles. The van der Waals surface area contributed by atoms with Crippen LogP contribution < -0.4 is 15.6 Å². The molecule has 1 fully saturated rings. The van der Waals surface area contributed by atoms with Gasteiger partial charge in [0, 0.05) is 40.8 Å². The van der Waals surface area contributed by atoms with Gasteiger partial charge in [-0.1, -0.05) is 6.08 Å². The van der Waals surface area contributed by atoms with E-state index in [0.717, 1.165) is 0 Å². The number of allylic oxidation sites excluding steroid dienone is 1. The van der Waals surface area contributed by atoms with Gasteiger partial charge in [0.2, 0.25) is 10.0 Å². The van der Waals surface area contributed by atoms with Crippen molar-refractivity contribution < 1.29 is 17.9 Å².